The molecule has 0 aliphatic heterocycles. The normalized spacial score (nSPS) is 11.0. The maximum Gasteiger partial charge on any atom is 0.335 e. The molecule has 1 heterocycles. The number of nitrogens with zero attached hydrogens (tertiary/aromatic N) is 3. The number of carbonyl (C=O) groups is 1. The first-order valence-corrected chi connectivity index (χ1v) is 6.46. The molecule has 0 radical (unpaired) electrons. The topological polar surface area (TPSA) is 68.0 Å². The lowest BCUT2D eigenvalue weighted by Crippen LogP contribution is -2.00. The van der Waals surface area contributed by atoms with Crippen molar-refractivity contribution < 1.29 is 14.3 Å². The van der Waals surface area contributed by atoms with Crippen LogP contribution in [0.1, 0.15) is 10.4 Å². The minimum atomic E-state index is -1.07. The number of carboxylic acids is 1. The van der Waals surface area contributed by atoms with Gasteiger partial charge in [0.25, 0.3) is 0 Å². The van der Waals surface area contributed by atoms with Gasteiger partial charge >= 0.3 is 5.97 Å². The fourth-order valence-electron chi connectivity index (χ4n) is 1.91. The van der Waals surface area contributed by atoms with E-state index >= 15 is 0 Å². The summed E-state index contributed by atoms with van der Waals surface area (Å²) in [6.07, 6.45) is 0. The quantitative estimate of drug-likeness (QED) is 0.731. The molecule has 1 aromatic heterocycles. The number of hydrogen-bond donors (Lipinski definition) is 1. The van der Waals surface area contributed by atoms with E-state index in [2.05, 4.69) is 10.3 Å². The third-order valence-corrected chi connectivity index (χ3v) is 3.46. The Morgan fingerprint density at radius 3 is 2.48 bits per heavy atom. The Labute approximate surface area is 127 Å². The van der Waals surface area contributed by atoms with Crippen LogP contribution in [0.15, 0.2) is 30.3 Å². The van der Waals surface area contributed by atoms with Gasteiger partial charge in [-0.15, -0.1) is 5.10 Å². The standard InChI is InChI=1S/C13H6Cl2FN3O2/c14-8-4-7(5-9(15)12(8)16)19-11-3-6(13(20)21)1-2-10(11)17-18-19/h1-5H,(H,20,21). The van der Waals surface area contributed by atoms with Crippen LogP contribution in [-0.4, -0.2) is 26.1 Å². The van der Waals surface area contributed by atoms with Crippen LogP contribution in [-0.2, 0) is 0 Å². The second kappa shape index (κ2) is 4.98. The fourth-order valence-corrected chi connectivity index (χ4v) is 2.38. The summed E-state index contributed by atoms with van der Waals surface area (Å²) in [5.74, 6) is -1.79. The first-order chi connectivity index (χ1) is 9.97. The largest absolute Gasteiger partial charge is 0.478 e. The van der Waals surface area contributed by atoms with Crippen LogP contribution in [0.5, 0.6) is 0 Å². The molecule has 3 rings (SSSR count). The molecule has 0 unspecified atom stereocenters. The van der Waals surface area contributed by atoms with Crippen LogP contribution in [0.2, 0.25) is 10.0 Å². The van der Waals surface area contributed by atoms with Crippen LogP contribution < -0.4 is 0 Å². The first kappa shape index (κ1) is 13.8. The molecule has 0 aliphatic rings. The number of rotatable bonds is 2. The van der Waals surface area contributed by atoms with E-state index in [9.17, 15) is 9.18 Å². The van der Waals surface area contributed by atoms with Gasteiger partial charge in [0.15, 0.2) is 5.82 Å². The Morgan fingerprint density at radius 2 is 1.86 bits per heavy atom. The number of aromatic carboxylic acids is 1. The maximum atomic E-state index is 13.4. The average molecular weight is 326 g/mol. The smallest absolute Gasteiger partial charge is 0.335 e. The maximum absolute atomic E-state index is 13.4. The zero-order valence-electron chi connectivity index (χ0n) is 10.2. The van der Waals surface area contributed by atoms with Gasteiger partial charge in [0.1, 0.15) is 5.52 Å². The molecule has 5 nitrogen and oxygen atoms in total. The molecule has 0 saturated heterocycles. The SMILES string of the molecule is O=C(O)c1ccc2nnn(-c3cc(Cl)c(F)c(Cl)c3)c2c1. The Morgan fingerprint density at radius 1 is 1.19 bits per heavy atom. The van der Waals surface area contributed by atoms with Gasteiger partial charge in [0, 0.05) is 0 Å². The number of aromatic nitrogens is 3. The molecule has 0 aliphatic carbocycles. The first-order valence-electron chi connectivity index (χ1n) is 5.71. The molecule has 8 heteroatoms. The number of carboxylic acid groups (broad SMARTS) is 1. The van der Waals surface area contributed by atoms with Crippen molar-refractivity contribution in [1.82, 2.24) is 15.0 Å². The van der Waals surface area contributed by atoms with E-state index in [1.165, 1.54) is 35.0 Å². The van der Waals surface area contributed by atoms with Crippen molar-refractivity contribution in [3.8, 4) is 5.69 Å². The summed E-state index contributed by atoms with van der Waals surface area (Å²) in [5.41, 5.74) is 1.42. The lowest BCUT2D eigenvalue weighted by Gasteiger charge is -2.05. The zero-order valence-corrected chi connectivity index (χ0v) is 11.7. The van der Waals surface area contributed by atoms with Crippen molar-refractivity contribution >= 4 is 40.2 Å². The second-order valence-electron chi connectivity index (χ2n) is 4.23. The monoisotopic (exact) mass is 325 g/mol. The molecule has 2 aromatic carbocycles. The van der Waals surface area contributed by atoms with Crippen LogP contribution in [0.25, 0.3) is 16.7 Å². The lowest BCUT2D eigenvalue weighted by molar-refractivity contribution is 0.0697. The van der Waals surface area contributed by atoms with Crippen molar-refractivity contribution in [1.29, 1.82) is 0 Å². The van der Waals surface area contributed by atoms with E-state index in [4.69, 9.17) is 28.3 Å². The lowest BCUT2D eigenvalue weighted by atomic mass is 10.2. The highest BCUT2D eigenvalue weighted by Crippen LogP contribution is 2.28. The van der Waals surface area contributed by atoms with Crippen molar-refractivity contribution in [3.63, 3.8) is 0 Å². The Bertz CT molecular complexity index is 856. The van der Waals surface area contributed by atoms with E-state index in [1.54, 1.807) is 0 Å². The molecule has 0 fully saturated rings. The Kier molecular flexibility index (Phi) is 3.27. The Balaban J connectivity index is 2.25. The van der Waals surface area contributed by atoms with Crippen molar-refractivity contribution in [2.45, 2.75) is 0 Å². The Hall–Kier alpha value is -2.18. The van der Waals surface area contributed by atoms with Crippen LogP contribution in [0, 0.1) is 5.82 Å². The van der Waals surface area contributed by atoms with Crippen molar-refractivity contribution in [2.24, 2.45) is 0 Å². The van der Waals surface area contributed by atoms with Gasteiger partial charge in [-0.1, -0.05) is 28.4 Å². The van der Waals surface area contributed by atoms with E-state index in [0.29, 0.717) is 16.7 Å². The van der Waals surface area contributed by atoms with Crippen LogP contribution >= 0.6 is 23.2 Å². The molecule has 1 N–H and O–H groups in total. The van der Waals surface area contributed by atoms with Gasteiger partial charge in [-0.25, -0.2) is 13.9 Å². The van der Waals surface area contributed by atoms with Crippen molar-refractivity contribution in [2.75, 3.05) is 0 Å². The minimum absolute atomic E-state index is 0.0883. The molecule has 0 atom stereocenters. The number of benzene rings is 2. The molecular weight excluding hydrogens is 320 g/mol. The molecule has 106 valence electrons. The fraction of sp³-hybridized carbons (Fsp3) is 0. The predicted octanol–water partition coefficient (Wildman–Crippen LogP) is 3.56. The third kappa shape index (κ3) is 2.32. The van der Waals surface area contributed by atoms with Crippen LogP contribution in [0.3, 0.4) is 0 Å². The minimum Gasteiger partial charge on any atom is -0.478 e. The zero-order chi connectivity index (χ0) is 15.1. The van der Waals surface area contributed by atoms with Gasteiger partial charge < -0.3 is 5.11 Å². The average Bonchev–Trinajstić information content (AvgIpc) is 2.87. The predicted molar refractivity (Wildman–Crippen MR) is 75.8 cm³/mol. The number of fused-ring (bicyclic) bond motifs is 1. The summed E-state index contributed by atoms with van der Waals surface area (Å²) >= 11 is 11.5. The molecular formula is C13H6Cl2FN3O2. The number of hydrogen-bond acceptors (Lipinski definition) is 3. The second-order valence-corrected chi connectivity index (χ2v) is 5.05. The molecule has 21 heavy (non-hydrogen) atoms. The summed E-state index contributed by atoms with van der Waals surface area (Å²) < 4.78 is 14.8. The number of halogens is 3. The van der Waals surface area contributed by atoms with Crippen molar-refractivity contribution in [3.05, 3.63) is 51.8 Å². The third-order valence-electron chi connectivity index (χ3n) is 2.91. The van der Waals surface area contributed by atoms with Gasteiger partial charge in [-0.2, -0.15) is 0 Å². The van der Waals surface area contributed by atoms with Gasteiger partial charge in [0.05, 0.1) is 26.8 Å². The highest BCUT2D eigenvalue weighted by Gasteiger charge is 2.14. The highest BCUT2D eigenvalue weighted by molar-refractivity contribution is 6.35. The summed E-state index contributed by atoms with van der Waals surface area (Å²) in [4.78, 5) is 11.0. The van der Waals surface area contributed by atoms with Crippen LogP contribution in [0.4, 0.5) is 4.39 Å². The van der Waals surface area contributed by atoms with E-state index in [-0.39, 0.29) is 15.6 Å². The molecule has 0 saturated carbocycles. The van der Waals surface area contributed by atoms with Gasteiger partial charge in [0.2, 0.25) is 0 Å². The highest BCUT2D eigenvalue weighted by atomic mass is 35.5. The molecule has 0 spiro atoms. The summed E-state index contributed by atoms with van der Waals surface area (Å²) in [7, 11) is 0. The molecule has 0 bridgehead atoms. The van der Waals surface area contributed by atoms with E-state index < -0.39 is 11.8 Å². The van der Waals surface area contributed by atoms with E-state index in [0.717, 1.165) is 0 Å². The summed E-state index contributed by atoms with van der Waals surface area (Å²) in [6, 6.07) is 7.06. The van der Waals surface area contributed by atoms with Gasteiger partial charge in [-0.3, -0.25) is 0 Å². The molecule has 3 aromatic rings. The molecule has 0 amide bonds. The van der Waals surface area contributed by atoms with Gasteiger partial charge in [-0.05, 0) is 30.3 Å². The summed E-state index contributed by atoms with van der Waals surface area (Å²) in [5, 5.41) is 16.5. The summed E-state index contributed by atoms with van der Waals surface area (Å²) in [6.45, 7) is 0. The van der Waals surface area contributed by atoms with E-state index in [1.807, 2.05) is 0 Å².